The maximum Gasteiger partial charge on any atom is 0.409 e. The second-order valence-electron chi connectivity index (χ2n) is 5.46. The van der Waals surface area contributed by atoms with Crippen LogP contribution in [-0.4, -0.2) is 42.8 Å². The van der Waals surface area contributed by atoms with Crippen molar-refractivity contribution in [3.63, 3.8) is 0 Å². The Balaban J connectivity index is 1.68. The van der Waals surface area contributed by atoms with E-state index in [4.69, 9.17) is 4.74 Å². The lowest BCUT2D eigenvalue weighted by molar-refractivity contribution is 0.0936. The molecule has 0 bridgehead atoms. The van der Waals surface area contributed by atoms with Crippen LogP contribution in [0.25, 0.3) is 0 Å². The molecule has 18 heavy (non-hydrogen) atoms. The van der Waals surface area contributed by atoms with Gasteiger partial charge in [0, 0.05) is 25.2 Å². The van der Waals surface area contributed by atoms with Gasteiger partial charge in [0.2, 0.25) is 0 Å². The Kier molecular flexibility index (Phi) is 5.29. The molecule has 1 saturated heterocycles. The molecule has 4 nitrogen and oxygen atoms in total. The number of nitrogens with one attached hydrogen (secondary N) is 1. The zero-order chi connectivity index (χ0) is 12.8. The van der Waals surface area contributed by atoms with E-state index in [1.54, 1.807) is 0 Å². The van der Waals surface area contributed by atoms with E-state index in [1.807, 2.05) is 11.8 Å². The van der Waals surface area contributed by atoms with Crippen molar-refractivity contribution in [1.29, 1.82) is 0 Å². The van der Waals surface area contributed by atoms with E-state index in [0.717, 1.165) is 32.0 Å². The topological polar surface area (TPSA) is 41.6 Å². The first-order valence-electron chi connectivity index (χ1n) is 7.47. The monoisotopic (exact) mass is 254 g/mol. The zero-order valence-corrected chi connectivity index (χ0v) is 11.5. The average molecular weight is 254 g/mol. The van der Waals surface area contributed by atoms with E-state index in [0.29, 0.717) is 12.6 Å². The highest BCUT2D eigenvalue weighted by Gasteiger charge is 2.25. The molecule has 1 amide bonds. The van der Waals surface area contributed by atoms with Crippen LogP contribution in [0.4, 0.5) is 4.79 Å². The number of nitrogens with zero attached hydrogens (tertiary/aromatic N) is 1. The summed E-state index contributed by atoms with van der Waals surface area (Å²) in [6.07, 6.45) is 8.80. The van der Waals surface area contributed by atoms with E-state index in [9.17, 15) is 4.79 Å². The molecule has 4 heteroatoms. The summed E-state index contributed by atoms with van der Waals surface area (Å²) in [6, 6.07) is 1.32. The van der Waals surface area contributed by atoms with Crippen LogP contribution in [0.15, 0.2) is 0 Å². The number of likely N-dealkylation sites (tertiary alicyclic amines) is 1. The molecule has 0 aromatic rings. The molecule has 2 fully saturated rings. The average Bonchev–Trinajstić information content (AvgIpc) is 2.41. The largest absolute Gasteiger partial charge is 0.450 e. The third-order valence-electron chi connectivity index (χ3n) is 4.10. The third kappa shape index (κ3) is 3.87. The summed E-state index contributed by atoms with van der Waals surface area (Å²) in [6.45, 7) is 4.00. The Morgan fingerprint density at radius 3 is 2.33 bits per heavy atom. The number of carbonyl (C=O) groups is 1. The van der Waals surface area contributed by atoms with Crippen LogP contribution in [0.3, 0.4) is 0 Å². The van der Waals surface area contributed by atoms with Gasteiger partial charge in [-0.25, -0.2) is 4.79 Å². The SMILES string of the molecule is CCOC(=O)N1CCC(NC2CCCCC2)CC1. The zero-order valence-electron chi connectivity index (χ0n) is 11.5. The van der Waals surface area contributed by atoms with Gasteiger partial charge in [-0.15, -0.1) is 0 Å². The Morgan fingerprint density at radius 2 is 1.72 bits per heavy atom. The van der Waals surface area contributed by atoms with Crippen molar-refractivity contribution in [2.75, 3.05) is 19.7 Å². The van der Waals surface area contributed by atoms with Gasteiger partial charge >= 0.3 is 6.09 Å². The Bertz CT molecular complexity index is 257. The van der Waals surface area contributed by atoms with Crippen molar-refractivity contribution in [2.24, 2.45) is 0 Å². The maximum absolute atomic E-state index is 11.6. The molecular weight excluding hydrogens is 228 g/mol. The standard InChI is InChI=1S/C14H26N2O2/c1-2-18-14(17)16-10-8-13(9-11-16)15-12-6-4-3-5-7-12/h12-13,15H,2-11H2,1H3. The molecule has 1 N–H and O–H groups in total. The fraction of sp³-hybridized carbons (Fsp3) is 0.929. The van der Waals surface area contributed by atoms with Crippen LogP contribution < -0.4 is 5.32 Å². The van der Waals surface area contributed by atoms with Gasteiger partial charge in [0.1, 0.15) is 0 Å². The fourth-order valence-electron chi connectivity index (χ4n) is 3.05. The number of hydrogen-bond donors (Lipinski definition) is 1. The Morgan fingerprint density at radius 1 is 1.11 bits per heavy atom. The first-order chi connectivity index (χ1) is 8.79. The van der Waals surface area contributed by atoms with Crippen LogP contribution in [0.1, 0.15) is 51.9 Å². The van der Waals surface area contributed by atoms with Gasteiger partial charge in [-0.1, -0.05) is 19.3 Å². The molecule has 0 aromatic heterocycles. The molecule has 0 aromatic carbocycles. The minimum Gasteiger partial charge on any atom is -0.450 e. The van der Waals surface area contributed by atoms with Crippen molar-refractivity contribution in [3.8, 4) is 0 Å². The number of carbonyl (C=O) groups excluding carboxylic acids is 1. The highest BCUT2D eigenvalue weighted by molar-refractivity contribution is 5.67. The summed E-state index contributed by atoms with van der Waals surface area (Å²) in [5.74, 6) is 0. The number of rotatable bonds is 3. The lowest BCUT2D eigenvalue weighted by atomic mass is 9.93. The van der Waals surface area contributed by atoms with Crippen LogP contribution in [0.2, 0.25) is 0 Å². The number of hydrogen-bond acceptors (Lipinski definition) is 3. The first kappa shape index (κ1) is 13.7. The minimum absolute atomic E-state index is 0.145. The van der Waals surface area contributed by atoms with E-state index >= 15 is 0 Å². The fourth-order valence-corrected chi connectivity index (χ4v) is 3.05. The highest BCUT2D eigenvalue weighted by atomic mass is 16.6. The highest BCUT2D eigenvalue weighted by Crippen LogP contribution is 2.20. The summed E-state index contributed by atoms with van der Waals surface area (Å²) in [5, 5.41) is 3.77. The van der Waals surface area contributed by atoms with Gasteiger partial charge in [-0.3, -0.25) is 0 Å². The van der Waals surface area contributed by atoms with Crippen molar-refractivity contribution in [2.45, 2.75) is 64.0 Å². The molecule has 1 heterocycles. The van der Waals surface area contributed by atoms with Crippen molar-refractivity contribution in [1.82, 2.24) is 10.2 Å². The molecule has 1 aliphatic carbocycles. The molecule has 0 radical (unpaired) electrons. The number of ether oxygens (including phenoxy) is 1. The molecular formula is C14H26N2O2. The van der Waals surface area contributed by atoms with Crippen LogP contribution >= 0.6 is 0 Å². The third-order valence-corrected chi connectivity index (χ3v) is 4.10. The summed E-state index contributed by atoms with van der Waals surface area (Å²) < 4.78 is 5.03. The predicted molar refractivity (Wildman–Crippen MR) is 71.6 cm³/mol. The van der Waals surface area contributed by atoms with Gasteiger partial charge in [0.15, 0.2) is 0 Å². The number of amides is 1. The quantitative estimate of drug-likeness (QED) is 0.841. The molecule has 0 spiro atoms. The summed E-state index contributed by atoms with van der Waals surface area (Å²) >= 11 is 0. The van der Waals surface area contributed by atoms with Gasteiger partial charge in [0.25, 0.3) is 0 Å². The molecule has 0 unspecified atom stereocenters. The van der Waals surface area contributed by atoms with E-state index in [1.165, 1.54) is 32.1 Å². The molecule has 1 aliphatic heterocycles. The normalized spacial score (nSPS) is 23.1. The molecule has 104 valence electrons. The van der Waals surface area contributed by atoms with Crippen molar-refractivity contribution < 1.29 is 9.53 Å². The molecule has 2 rings (SSSR count). The van der Waals surface area contributed by atoms with Gasteiger partial charge < -0.3 is 15.0 Å². The summed E-state index contributed by atoms with van der Waals surface area (Å²) in [4.78, 5) is 13.4. The minimum atomic E-state index is -0.145. The lowest BCUT2D eigenvalue weighted by Gasteiger charge is -2.35. The van der Waals surface area contributed by atoms with Gasteiger partial charge in [-0.2, -0.15) is 0 Å². The van der Waals surface area contributed by atoms with Gasteiger partial charge in [0.05, 0.1) is 6.61 Å². The Labute approximate surface area is 110 Å². The van der Waals surface area contributed by atoms with Crippen LogP contribution in [-0.2, 0) is 4.74 Å². The lowest BCUT2D eigenvalue weighted by Crippen LogP contribution is -2.48. The van der Waals surface area contributed by atoms with E-state index in [2.05, 4.69) is 5.32 Å². The van der Waals surface area contributed by atoms with Gasteiger partial charge in [-0.05, 0) is 32.6 Å². The van der Waals surface area contributed by atoms with Crippen molar-refractivity contribution >= 4 is 6.09 Å². The maximum atomic E-state index is 11.6. The summed E-state index contributed by atoms with van der Waals surface area (Å²) in [7, 11) is 0. The smallest absolute Gasteiger partial charge is 0.409 e. The van der Waals surface area contributed by atoms with Crippen molar-refractivity contribution in [3.05, 3.63) is 0 Å². The molecule has 1 saturated carbocycles. The summed E-state index contributed by atoms with van der Waals surface area (Å²) in [5.41, 5.74) is 0. The van der Waals surface area contributed by atoms with E-state index in [-0.39, 0.29) is 6.09 Å². The second kappa shape index (κ2) is 6.98. The Hall–Kier alpha value is -0.770. The molecule has 2 aliphatic rings. The molecule has 0 atom stereocenters. The number of piperidine rings is 1. The first-order valence-corrected chi connectivity index (χ1v) is 7.47. The van der Waals surface area contributed by atoms with E-state index < -0.39 is 0 Å². The van der Waals surface area contributed by atoms with Crippen LogP contribution in [0, 0.1) is 0 Å². The predicted octanol–water partition coefficient (Wildman–Crippen LogP) is 2.53. The van der Waals surface area contributed by atoms with Crippen LogP contribution in [0.5, 0.6) is 0 Å². The second-order valence-corrected chi connectivity index (χ2v) is 5.46.